The topological polar surface area (TPSA) is 67.5 Å². The minimum absolute atomic E-state index is 0.210. The number of aliphatic hydroxyl groups is 1. The van der Waals surface area contributed by atoms with Crippen LogP contribution in [0.2, 0.25) is 0 Å². The van der Waals surface area contributed by atoms with Crippen LogP contribution in [0.4, 0.5) is 0 Å². The van der Waals surface area contributed by atoms with Crippen LogP contribution in [0.25, 0.3) is 0 Å². The monoisotopic (exact) mass is 238 g/mol. The van der Waals surface area contributed by atoms with Crippen molar-refractivity contribution < 1.29 is 9.84 Å². The molecule has 1 rings (SSSR count). The standard InChI is InChI=1S/C13H22N2O2/c1-8-5-9(2)12(11(6-8)17-4)13(15-3)10(16)7-14/h5-6,10,13,15-16H,7,14H2,1-4H3. The molecule has 1 aromatic carbocycles. The van der Waals surface area contributed by atoms with Crippen LogP contribution in [0.3, 0.4) is 0 Å². The van der Waals surface area contributed by atoms with Gasteiger partial charge >= 0.3 is 0 Å². The molecule has 1 aromatic rings. The Morgan fingerprint density at radius 1 is 1.41 bits per heavy atom. The molecule has 0 aromatic heterocycles. The summed E-state index contributed by atoms with van der Waals surface area (Å²) < 4.78 is 5.39. The molecule has 4 N–H and O–H groups in total. The zero-order chi connectivity index (χ0) is 13.0. The lowest BCUT2D eigenvalue weighted by atomic mass is 9.94. The van der Waals surface area contributed by atoms with Crippen LogP contribution in [0.5, 0.6) is 5.75 Å². The molecule has 0 amide bonds. The van der Waals surface area contributed by atoms with Crippen molar-refractivity contribution in [3.63, 3.8) is 0 Å². The molecule has 0 saturated heterocycles. The molecular weight excluding hydrogens is 216 g/mol. The highest BCUT2D eigenvalue weighted by atomic mass is 16.5. The van der Waals surface area contributed by atoms with Crippen LogP contribution in [-0.4, -0.2) is 31.9 Å². The summed E-state index contributed by atoms with van der Waals surface area (Å²) in [5.41, 5.74) is 8.73. The number of nitrogens with two attached hydrogens (primary N) is 1. The maximum Gasteiger partial charge on any atom is 0.124 e. The van der Waals surface area contributed by atoms with Gasteiger partial charge in [0, 0.05) is 12.1 Å². The lowest BCUT2D eigenvalue weighted by molar-refractivity contribution is 0.137. The van der Waals surface area contributed by atoms with Crippen molar-refractivity contribution in [3.8, 4) is 5.75 Å². The van der Waals surface area contributed by atoms with Gasteiger partial charge in [0.2, 0.25) is 0 Å². The van der Waals surface area contributed by atoms with E-state index in [0.29, 0.717) is 0 Å². The van der Waals surface area contributed by atoms with E-state index in [-0.39, 0.29) is 12.6 Å². The summed E-state index contributed by atoms with van der Waals surface area (Å²) in [6, 6.07) is 3.83. The lowest BCUT2D eigenvalue weighted by Gasteiger charge is -2.25. The number of rotatable bonds is 5. The highest BCUT2D eigenvalue weighted by Gasteiger charge is 2.23. The van der Waals surface area contributed by atoms with Gasteiger partial charge in [-0.1, -0.05) is 6.07 Å². The van der Waals surface area contributed by atoms with Gasteiger partial charge in [0.25, 0.3) is 0 Å². The predicted molar refractivity (Wildman–Crippen MR) is 69.3 cm³/mol. The van der Waals surface area contributed by atoms with Gasteiger partial charge in [-0.2, -0.15) is 0 Å². The molecule has 0 aliphatic rings. The van der Waals surface area contributed by atoms with Gasteiger partial charge in [-0.15, -0.1) is 0 Å². The molecule has 0 fully saturated rings. The lowest BCUT2D eigenvalue weighted by Crippen LogP contribution is -2.35. The molecule has 0 saturated carbocycles. The molecule has 4 nitrogen and oxygen atoms in total. The summed E-state index contributed by atoms with van der Waals surface area (Å²) in [6.45, 7) is 4.24. The number of likely N-dealkylation sites (N-methyl/N-ethyl adjacent to an activating group) is 1. The Morgan fingerprint density at radius 2 is 2.06 bits per heavy atom. The summed E-state index contributed by atoms with van der Waals surface area (Å²) >= 11 is 0. The Balaban J connectivity index is 3.26. The normalized spacial score (nSPS) is 14.5. The van der Waals surface area contributed by atoms with E-state index in [2.05, 4.69) is 11.4 Å². The maximum absolute atomic E-state index is 9.94. The van der Waals surface area contributed by atoms with Crippen molar-refractivity contribution in [3.05, 3.63) is 28.8 Å². The Morgan fingerprint density at radius 3 is 2.53 bits per heavy atom. The Kier molecular flexibility index (Phi) is 4.93. The third-order valence-electron chi connectivity index (χ3n) is 2.96. The smallest absolute Gasteiger partial charge is 0.124 e. The number of methoxy groups -OCH3 is 1. The van der Waals surface area contributed by atoms with Crippen molar-refractivity contribution >= 4 is 0 Å². The number of nitrogens with one attached hydrogen (secondary N) is 1. The first-order valence-corrected chi connectivity index (χ1v) is 5.75. The Labute approximate surface area is 103 Å². The van der Waals surface area contributed by atoms with Gasteiger partial charge < -0.3 is 20.9 Å². The second-order valence-corrected chi connectivity index (χ2v) is 4.27. The summed E-state index contributed by atoms with van der Waals surface area (Å²) in [4.78, 5) is 0. The molecule has 2 unspecified atom stereocenters. The predicted octanol–water partition coefficient (Wildman–Crippen LogP) is 0.892. The minimum Gasteiger partial charge on any atom is -0.496 e. The van der Waals surface area contributed by atoms with Gasteiger partial charge in [-0.3, -0.25) is 0 Å². The van der Waals surface area contributed by atoms with Crippen LogP contribution >= 0.6 is 0 Å². The van der Waals surface area contributed by atoms with Crippen LogP contribution in [0, 0.1) is 13.8 Å². The first-order chi connectivity index (χ1) is 8.04. The number of hydrogen-bond acceptors (Lipinski definition) is 4. The van der Waals surface area contributed by atoms with Crippen LogP contribution in [-0.2, 0) is 0 Å². The summed E-state index contributed by atoms with van der Waals surface area (Å²) in [6.07, 6.45) is -0.629. The van der Waals surface area contributed by atoms with E-state index in [0.717, 1.165) is 22.4 Å². The van der Waals surface area contributed by atoms with E-state index in [9.17, 15) is 5.11 Å². The fraction of sp³-hybridized carbons (Fsp3) is 0.538. The Bertz CT molecular complexity index is 380. The molecular formula is C13H22N2O2. The third kappa shape index (κ3) is 2.97. The summed E-state index contributed by atoms with van der Waals surface area (Å²) in [7, 11) is 3.45. The van der Waals surface area contributed by atoms with Gasteiger partial charge in [0.05, 0.1) is 19.3 Å². The maximum atomic E-state index is 9.94. The van der Waals surface area contributed by atoms with Crippen LogP contribution in [0.15, 0.2) is 12.1 Å². The van der Waals surface area contributed by atoms with Crippen LogP contribution in [0.1, 0.15) is 22.7 Å². The summed E-state index contributed by atoms with van der Waals surface area (Å²) in [5, 5.41) is 13.0. The second-order valence-electron chi connectivity index (χ2n) is 4.27. The van der Waals surface area contributed by atoms with Crippen molar-refractivity contribution in [1.82, 2.24) is 5.32 Å². The van der Waals surface area contributed by atoms with Crippen molar-refractivity contribution in [2.75, 3.05) is 20.7 Å². The fourth-order valence-electron chi connectivity index (χ4n) is 2.17. The van der Waals surface area contributed by atoms with E-state index < -0.39 is 6.10 Å². The highest BCUT2D eigenvalue weighted by molar-refractivity contribution is 5.45. The molecule has 96 valence electrons. The molecule has 0 spiro atoms. The molecule has 0 aliphatic heterocycles. The van der Waals surface area contributed by atoms with Crippen molar-refractivity contribution in [2.24, 2.45) is 5.73 Å². The van der Waals surface area contributed by atoms with Crippen LogP contribution < -0.4 is 15.8 Å². The fourth-order valence-corrected chi connectivity index (χ4v) is 2.17. The minimum atomic E-state index is -0.629. The summed E-state index contributed by atoms with van der Waals surface area (Å²) in [5.74, 6) is 0.786. The number of hydrogen-bond donors (Lipinski definition) is 3. The quantitative estimate of drug-likeness (QED) is 0.713. The van der Waals surface area contributed by atoms with E-state index >= 15 is 0 Å². The van der Waals surface area contributed by atoms with E-state index in [4.69, 9.17) is 10.5 Å². The van der Waals surface area contributed by atoms with Crippen molar-refractivity contribution in [1.29, 1.82) is 0 Å². The average molecular weight is 238 g/mol. The molecule has 0 bridgehead atoms. The Hall–Kier alpha value is -1.10. The zero-order valence-electron chi connectivity index (χ0n) is 10.9. The molecule has 4 heteroatoms. The number of ether oxygens (including phenoxy) is 1. The largest absolute Gasteiger partial charge is 0.496 e. The molecule has 0 radical (unpaired) electrons. The molecule has 0 heterocycles. The van der Waals surface area contributed by atoms with Gasteiger partial charge in [0.1, 0.15) is 5.75 Å². The number of benzene rings is 1. The molecule has 2 atom stereocenters. The van der Waals surface area contributed by atoms with E-state index in [1.54, 1.807) is 7.11 Å². The van der Waals surface area contributed by atoms with E-state index in [1.807, 2.05) is 27.0 Å². The van der Waals surface area contributed by atoms with Gasteiger partial charge in [0.15, 0.2) is 0 Å². The molecule has 17 heavy (non-hydrogen) atoms. The van der Waals surface area contributed by atoms with Crippen molar-refractivity contribution in [2.45, 2.75) is 26.0 Å². The van der Waals surface area contributed by atoms with Gasteiger partial charge in [-0.05, 0) is 38.1 Å². The van der Waals surface area contributed by atoms with E-state index in [1.165, 1.54) is 0 Å². The third-order valence-corrected chi connectivity index (χ3v) is 2.96. The SMILES string of the molecule is CNC(c1c(C)cc(C)cc1OC)C(O)CN. The first kappa shape index (κ1) is 14.0. The second kappa shape index (κ2) is 6.00. The number of aryl methyl sites for hydroxylation is 2. The molecule has 0 aliphatic carbocycles. The zero-order valence-corrected chi connectivity index (χ0v) is 10.9. The highest BCUT2D eigenvalue weighted by Crippen LogP contribution is 2.31. The number of aliphatic hydroxyl groups excluding tert-OH is 1. The first-order valence-electron chi connectivity index (χ1n) is 5.75. The average Bonchev–Trinajstić information content (AvgIpc) is 2.31. The van der Waals surface area contributed by atoms with Gasteiger partial charge in [-0.25, -0.2) is 0 Å².